The molecule has 1 saturated heterocycles. The van der Waals surface area contributed by atoms with Gasteiger partial charge in [0.1, 0.15) is 0 Å². The highest BCUT2D eigenvalue weighted by molar-refractivity contribution is 5.44. The molecule has 1 aromatic rings. The van der Waals surface area contributed by atoms with Crippen LogP contribution in [0.3, 0.4) is 0 Å². The van der Waals surface area contributed by atoms with Gasteiger partial charge in [-0.3, -0.25) is 0 Å². The predicted octanol–water partition coefficient (Wildman–Crippen LogP) is 1.61. The molecule has 2 atom stereocenters. The fourth-order valence-corrected chi connectivity index (χ4v) is 2.16. The molecule has 4 nitrogen and oxygen atoms in total. The van der Waals surface area contributed by atoms with Crippen LogP contribution in [0.15, 0.2) is 18.2 Å². The van der Waals surface area contributed by atoms with Gasteiger partial charge in [-0.25, -0.2) is 0 Å². The standard InChI is InChI=1S/C13H19NO3/c1-9-10(5-6-17-9)7-14-8-11-3-2-4-12(15)13(11)16/h2-4,9-10,14-16H,5-8H2,1H3. The van der Waals surface area contributed by atoms with Crippen molar-refractivity contribution in [3.8, 4) is 11.5 Å². The minimum Gasteiger partial charge on any atom is -0.504 e. The molecule has 0 spiro atoms. The fourth-order valence-electron chi connectivity index (χ4n) is 2.16. The average Bonchev–Trinajstić information content (AvgIpc) is 2.71. The van der Waals surface area contributed by atoms with E-state index in [1.807, 2.05) is 0 Å². The zero-order valence-corrected chi connectivity index (χ0v) is 10.0. The van der Waals surface area contributed by atoms with E-state index in [4.69, 9.17) is 4.74 Å². The van der Waals surface area contributed by atoms with Gasteiger partial charge in [0.25, 0.3) is 0 Å². The molecular weight excluding hydrogens is 218 g/mol. The third-order valence-corrected chi connectivity index (χ3v) is 3.35. The van der Waals surface area contributed by atoms with Crippen LogP contribution in [0.5, 0.6) is 11.5 Å². The zero-order valence-electron chi connectivity index (χ0n) is 10.0. The number of para-hydroxylation sites is 1. The predicted molar refractivity (Wildman–Crippen MR) is 65.0 cm³/mol. The van der Waals surface area contributed by atoms with Crippen molar-refractivity contribution >= 4 is 0 Å². The number of hydrogen-bond acceptors (Lipinski definition) is 4. The summed E-state index contributed by atoms with van der Waals surface area (Å²) >= 11 is 0. The lowest BCUT2D eigenvalue weighted by molar-refractivity contribution is 0.105. The maximum Gasteiger partial charge on any atom is 0.161 e. The number of hydrogen-bond donors (Lipinski definition) is 3. The Bertz CT molecular complexity index is 381. The van der Waals surface area contributed by atoms with Crippen LogP contribution in [0.1, 0.15) is 18.9 Å². The molecule has 3 N–H and O–H groups in total. The Morgan fingerprint density at radius 1 is 1.41 bits per heavy atom. The summed E-state index contributed by atoms with van der Waals surface area (Å²) in [6.45, 7) is 4.36. The van der Waals surface area contributed by atoms with E-state index in [2.05, 4.69) is 12.2 Å². The molecule has 4 heteroatoms. The van der Waals surface area contributed by atoms with Gasteiger partial charge < -0.3 is 20.3 Å². The van der Waals surface area contributed by atoms with Crippen molar-refractivity contribution < 1.29 is 14.9 Å². The van der Waals surface area contributed by atoms with Crippen molar-refractivity contribution in [3.63, 3.8) is 0 Å². The molecule has 2 unspecified atom stereocenters. The number of ether oxygens (including phenoxy) is 1. The lowest BCUT2D eigenvalue weighted by Gasteiger charge is -2.15. The van der Waals surface area contributed by atoms with Crippen LogP contribution in [-0.4, -0.2) is 29.5 Å². The molecule has 0 saturated carbocycles. The highest BCUT2D eigenvalue weighted by Gasteiger charge is 2.23. The molecular formula is C13H19NO3. The molecule has 0 amide bonds. The summed E-state index contributed by atoms with van der Waals surface area (Å²) < 4.78 is 5.48. The van der Waals surface area contributed by atoms with Crippen LogP contribution in [0.25, 0.3) is 0 Å². The molecule has 2 rings (SSSR count). The van der Waals surface area contributed by atoms with Gasteiger partial charge >= 0.3 is 0 Å². The maximum absolute atomic E-state index is 9.63. The summed E-state index contributed by atoms with van der Waals surface area (Å²) in [4.78, 5) is 0. The topological polar surface area (TPSA) is 61.7 Å². The third-order valence-electron chi connectivity index (χ3n) is 3.35. The normalized spacial score (nSPS) is 24.1. The Kier molecular flexibility index (Phi) is 3.86. The molecule has 0 aliphatic carbocycles. The van der Waals surface area contributed by atoms with E-state index >= 15 is 0 Å². The Labute approximate surface area is 101 Å². The van der Waals surface area contributed by atoms with Gasteiger partial charge in [0.15, 0.2) is 11.5 Å². The SMILES string of the molecule is CC1OCCC1CNCc1cccc(O)c1O. The lowest BCUT2D eigenvalue weighted by atomic mass is 10.0. The van der Waals surface area contributed by atoms with Crippen LogP contribution in [-0.2, 0) is 11.3 Å². The minimum atomic E-state index is -0.0677. The van der Waals surface area contributed by atoms with Gasteiger partial charge in [-0.1, -0.05) is 12.1 Å². The summed E-state index contributed by atoms with van der Waals surface area (Å²) in [6, 6.07) is 5.01. The molecule has 94 valence electrons. The van der Waals surface area contributed by atoms with Gasteiger partial charge in [-0.2, -0.15) is 0 Å². The smallest absolute Gasteiger partial charge is 0.161 e. The van der Waals surface area contributed by atoms with E-state index in [1.54, 1.807) is 12.1 Å². The highest BCUT2D eigenvalue weighted by Crippen LogP contribution is 2.28. The van der Waals surface area contributed by atoms with E-state index in [0.717, 1.165) is 25.1 Å². The van der Waals surface area contributed by atoms with Gasteiger partial charge in [0, 0.05) is 25.3 Å². The fraction of sp³-hybridized carbons (Fsp3) is 0.538. The number of nitrogens with one attached hydrogen (secondary N) is 1. The van der Waals surface area contributed by atoms with E-state index < -0.39 is 0 Å². The van der Waals surface area contributed by atoms with Gasteiger partial charge in [0.2, 0.25) is 0 Å². The first-order valence-electron chi connectivity index (χ1n) is 6.00. The Morgan fingerprint density at radius 2 is 2.24 bits per heavy atom. The molecule has 0 bridgehead atoms. The highest BCUT2D eigenvalue weighted by atomic mass is 16.5. The molecule has 1 aliphatic heterocycles. The molecule has 0 radical (unpaired) electrons. The second-order valence-electron chi connectivity index (χ2n) is 4.54. The van der Waals surface area contributed by atoms with Crippen LogP contribution in [0.2, 0.25) is 0 Å². The first-order chi connectivity index (χ1) is 8.18. The van der Waals surface area contributed by atoms with Crippen molar-refractivity contribution in [1.29, 1.82) is 0 Å². The number of phenols is 2. The molecule has 1 aliphatic rings. The molecule has 1 aromatic carbocycles. The van der Waals surface area contributed by atoms with Crippen LogP contribution >= 0.6 is 0 Å². The largest absolute Gasteiger partial charge is 0.504 e. The second-order valence-corrected chi connectivity index (χ2v) is 4.54. The van der Waals surface area contributed by atoms with Crippen molar-refractivity contribution in [2.45, 2.75) is 26.0 Å². The van der Waals surface area contributed by atoms with Crippen molar-refractivity contribution in [1.82, 2.24) is 5.32 Å². The van der Waals surface area contributed by atoms with Gasteiger partial charge in [0.05, 0.1) is 6.10 Å². The summed E-state index contributed by atoms with van der Waals surface area (Å²) in [5.74, 6) is 0.437. The van der Waals surface area contributed by atoms with Crippen LogP contribution in [0.4, 0.5) is 0 Å². The van der Waals surface area contributed by atoms with Crippen molar-refractivity contribution in [3.05, 3.63) is 23.8 Å². The molecule has 1 heterocycles. The third kappa shape index (κ3) is 2.90. The lowest BCUT2D eigenvalue weighted by Crippen LogP contribution is -2.26. The van der Waals surface area contributed by atoms with Crippen LogP contribution < -0.4 is 5.32 Å². The van der Waals surface area contributed by atoms with E-state index in [1.165, 1.54) is 6.07 Å². The summed E-state index contributed by atoms with van der Waals surface area (Å²) in [5.41, 5.74) is 0.719. The quantitative estimate of drug-likeness (QED) is 0.696. The van der Waals surface area contributed by atoms with E-state index in [9.17, 15) is 10.2 Å². The number of benzene rings is 1. The number of aromatic hydroxyl groups is 2. The molecule has 17 heavy (non-hydrogen) atoms. The van der Waals surface area contributed by atoms with E-state index in [0.29, 0.717) is 18.6 Å². The van der Waals surface area contributed by atoms with E-state index in [-0.39, 0.29) is 11.5 Å². The second kappa shape index (κ2) is 5.38. The van der Waals surface area contributed by atoms with Crippen LogP contribution in [0, 0.1) is 5.92 Å². The van der Waals surface area contributed by atoms with Crippen molar-refractivity contribution in [2.75, 3.05) is 13.2 Å². The molecule has 0 aromatic heterocycles. The summed E-state index contributed by atoms with van der Waals surface area (Å²) in [5, 5.41) is 22.3. The summed E-state index contributed by atoms with van der Waals surface area (Å²) in [6.07, 6.45) is 1.39. The number of rotatable bonds is 4. The van der Waals surface area contributed by atoms with Gasteiger partial charge in [-0.15, -0.1) is 0 Å². The van der Waals surface area contributed by atoms with Gasteiger partial charge in [-0.05, 0) is 25.3 Å². The summed E-state index contributed by atoms with van der Waals surface area (Å²) in [7, 11) is 0. The average molecular weight is 237 g/mol. The number of phenolic OH excluding ortho intramolecular Hbond substituents is 2. The first-order valence-corrected chi connectivity index (χ1v) is 6.00. The first kappa shape index (κ1) is 12.2. The Hall–Kier alpha value is -1.26. The maximum atomic E-state index is 9.63. The Morgan fingerprint density at radius 3 is 2.94 bits per heavy atom. The van der Waals surface area contributed by atoms with Crippen molar-refractivity contribution in [2.24, 2.45) is 5.92 Å². The monoisotopic (exact) mass is 237 g/mol. The minimum absolute atomic E-state index is 0.0317. The Balaban J connectivity index is 1.84. The zero-order chi connectivity index (χ0) is 12.3. The molecule has 1 fully saturated rings.